The van der Waals surface area contributed by atoms with Gasteiger partial charge in [-0.2, -0.15) is 13.2 Å². The van der Waals surface area contributed by atoms with Crippen molar-refractivity contribution in [3.8, 4) is 5.75 Å². The summed E-state index contributed by atoms with van der Waals surface area (Å²) in [7, 11) is 0.758. The number of nitrogens with one attached hydrogen (secondary N) is 2. The van der Waals surface area contributed by atoms with Crippen molar-refractivity contribution in [2.75, 3.05) is 12.4 Å². The van der Waals surface area contributed by atoms with Gasteiger partial charge in [-0.05, 0) is 24.3 Å². The van der Waals surface area contributed by atoms with E-state index >= 15 is 0 Å². The number of hydrogen-bond acceptors (Lipinski definition) is 4. The third-order valence-electron chi connectivity index (χ3n) is 3.21. The van der Waals surface area contributed by atoms with E-state index in [9.17, 15) is 22.8 Å². The van der Waals surface area contributed by atoms with Crippen LogP contribution in [0.1, 0.15) is 0 Å². The maximum Gasteiger partial charge on any atom is 0.460 e. The van der Waals surface area contributed by atoms with Gasteiger partial charge in [0, 0.05) is 5.69 Å². The van der Waals surface area contributed by atoms with E-state index in [4.69, 9.17) is 4.74 Å². The van der Waals surface area contributed by atoms with Crippen molar-refractivity contribution in [2.24, 2.45) is 0 Å². The highest BCUT2D eigenvalue weighted by Gasteiger charge is 2.66. The van der Waals surface area contributed by atoms with Gasteiger partial charge in [0.05, 0.1) is 7.11 Å². The minimum atomic E-state index is -5.30. The zero-order chi connectivity index (χ0) is 19.2. The molecule has 138 valence electrons. The molecule has 0 aromatic heterocycles. The van der Waals surface area contributed by atoms with Crippen LogP contribution in [-0.2, 0) is 9.53 Å². The van der Waals surface area contributed by atoms with Crippen molar-refractivity contribution in [1.29, 1.82) is 0 Å². The normalized spacial score (nSPS) is 13.2. The van der Waals surface area contributed by atoms with Gasteiger partial charge in [0.2, 0.25) is 0 Å². The molecule has 0 bridgehead atoms. The molecule has 0 fully saturated rings. The minimum Gasteiger partial charge on any atom is -0.464 e. The van der Waals surface area contributed by atoms with Crippen LogP contribution >= 0.6 is 0 Å². The van der Waals surface area contributed by atoms with Crippen molar-refractivity contribution >= 4 is 17.7 Å². The Hall–Kier alpha value is -3.23. The van der Waals surface area contributed by atoms with E-state index in [-0.39, 0.29) is 11.4 Å². The molecule has 0 aliphatic carbocycles. The third kappa shape index (κ3) is 4.24. The van der Waals surface area contributed by atoms with Crippen LogP contribution in [0.4, 0.5) is 23.7 Å². The average Bonchev–Trinajstić information content (AvgIpc) is 2.61. The number of ether oxygens (including phenoxy) is 2. The number of esters is 1. The molecular formula is C17H15F3N2O4. The van der Waals surface area contributed by atoms with Gasteiger partial charge in [0.1, 0.15) is 5.75 Å². The van der Waals surface area contributed by atoms with Crippen LogP contribution < -0.4 is 15.4 Å². The highest BCUT2D eigenvalue weighted by atomic mass is 19.4. The molecule has 26 heavy (non-hydrogen) atoms. The molecule has 0 spiro atoms. The van der Waals surface area contributed by atoms with E-state index in [1.807, 2.05) is 0 Å². The van der Waals surface area contributed by atoms with E-state index in [1.54, 1.807) is 29.6 Å². The molecule has 2 aromatic rings. The highest BCUT2D eigenvalue weighted by molar-refractivity contribution is 5.94. The predicted molar refractivity (Wildman–Crippen MR) is 86.5 cm³/mol. The Balaban J connectivity index is 2.35. The smallest absolute Gasteiger partial charge is 0.460 e. The lowest BCUT2D eigenvalue weighted by atomic mass is 10.2. The summed E-state index contributed by atoms with van der Waals surface area (Å²) in [5.74, 6) is -2.10. The molecule has 2 amide bonds. The Labute approximate surface area is 146 Å². The second kappa shape index (κ2) is 7.77. The highest BCUT2D eigenvalue weighted by Crippen LogP contribution is 2.34. The van der Waals surface area contributed by atoms with Gasteiger partial charge in [0.15, 0.2) is 0 Å². The largest absolute Gasteiger partial charge is 0.464 e. The number of anilines is 1. The van der Waals surface area contributed by atoms with Crippen LogP contribution in [-0.4, -0.2) is 31.0 Å². The molecule has 0 aliphatic rings. The summed E-state index contributed by atoms with van der Waals surface area (Å²) in [6, 6.07) is 13.2. The van der Waals surface area contributed by atoms with Gasteiger partial charge in [-0.25, -0.2) is 9.59 Å². The number of carbonyl (C=O) groups excluding carboxylic acids is 2. The Kier molecular flexibility index (Phi) is 5.71. The summed E-state index contributed by atoms with van der Waals surface area (Å²) in [5, 5.41) is 3.74. The molecule has 2 rings (SSSR count). The monoisotopic (exact) mass is 368 g/mol. The molecule has 6 nitrogen and oxygen atoms in total. The Morgan fingerprint density at radius 3 is 1.96 bits per heavy atom. The number of para-hydroxylation sites is 2. The van der Waals surface area contributed by atoms with Gasteiger partial charge in [-0.15, -0.1) is 0 Å². The first kappa shape index (κ1) is 19.1. The van der Waals surface area contributed by atoms with Crippen molar-refractivity contribution in [3.63, 3.8) is 0 Å². The number of benzene rings is 2. The standard InChI is InChI=1S/C17H15F3N2O4/c1-25-14(23)16(17(18,19)20,26-13-10-6-3-7-11-13)22-15(24)21-12-8-4-2-5-9-12/h2-11H,1H3,(H2,21,22,24). The number of alkyl halides is 3. The van der Waals surface area contributed by atoms with E-state index in [1.165, 1.54) is 36.4 Å². The van der Waals surface area contributed by atoms with Crippen molar-refractivity contribution in [3.05, 3.63) is 60.7 Å². The van der Waals surface area contributed by atoms with Gasteiger partial charge < -0.3 is 14.8 Å². The lowest BCUT2D eigenvalue weighted by Gasteiger charge is -2.33. The molecule has 2 aromatic carbocycles. The summed E-state index contributed by atoms with van der Waals surface area (Å²) in [6.07, 6.45) is -5.30. The Morgan fingerprint density at radius 2 is 1.46 bits per heavy atom. The zero-order valence-electron chi connectivity index (χ0n) is 13.5. The molecule has 0 saturated heterocycles. The quantitative estimate of drug-likeness (QED) is 0.627. The third-order valence-corrected chi connectivity index (χ3v) is 3.21. The van der Waals surface area contributed by atoms with Gasteiger partial charge in [-0.1, -0.05) is 36.4 Å². The van der Waals surface area contributed by atoms with Crippen LogP contribution in [0.25, 0.3) is 0 Å². The number of carbonyl (C=O) groups is 2. The molecule has 9 heteroatoms. The first-order chi connectivity index (χ1) is 12.3. The molecule has 0 saturated carbocycles. The molecule has 1 atom stereocenters. The lowest BCUT2D eigenvalue weighted by Crippen LogP contribution is -2.68. The summed E-state index contributed by atoms with van der Waals surface area (Å²) in [5.41, 5.74) is -3.49. The van der Waals surface area contributed by atoms with Crippen molar-refractivity contribution in [1.82, 2.24) is 5.32 Å². The maximum atomic E-state index is 13.7. The topological polar surface area (TPSA) is 76.7 Å². The van der Waals surface area contributed by atoms with Crippen molar-refractivity contribution < 1.29 is 32.2 Å². The molecule has 0 aliphatic heterocycles. The van der Waals surface area contributed by atoms with E-state index in [0.717, 1.165) is 7.11 Å². The fourth-order valence-electron chi connectivity index (χ4n) is 2.02. The van der Waals surface area contributed by atoms with Crippen LogP contribution in [0, 0.1) is 0 Å². The van der Waals surface area contributed by atoms with Gasteiger partial charge >= 0.3 is 23.9 Å². The summed E-state index contributed by atoms with van der Waals surface area (Å²) in [4.78, 5) is 24.0. The molecule has 0 heterocycles. The summed E-state index contributed by atoms with van der Waals surface area (Å²) >= 11 is 0. The number of urea groups is 1. The number of methoxy groups -OCH3 is 1. The van der Waals surface area contributed by atoms with E-state index in [2.05, 4.69) is 10.1 Å². The molecular weight excluding hydrogens is 353 g/mol. The van der Waals surface area contributed by atoms with E-state index in [0.29, 0.717) is 0 Å². The number of amides is 2. The molecule has 1 unspecified atom stereocenters. The first-order valence-corrected chi connectivity index (χ1v) is 7.32. The molecule has 0 radical (unpaired) electrons. The van der Waals surface area contributed by atoms with Gasteiger partial charge in [0.25, 0.3) is 0 Å². The zero-order valence-corrected chi connectivity index (χ0v) is 13.5. The summed E-state index contributed by atoms with van der Waals surface area (Å²) in [6.45, 7) is 0. The first-order valence-electron chi connectivity index (χ1n) is 7.32. The second-order valence-corrected chi connectivity index (χ2v) is 5.03. The SMILES string of the molecule is COC(=O)C(NC(=O)Nc1ccccc1)(Oc1ccccc1)C(F)(F)F. The van der Waals surface area contributed by atoms with Crippen LogP contribution in [0.15, 0.2) is 60.7 Å². The Bertz CT molecular complexity index is 754. The second-order valence-electron chi connectivity index (χ2n) is 5.03. The predicted octanol–water partition coefficient (Wildman–Crippen LogP) is 3.32. The van der Waals surface area contributed by atoms with Crippen LogP contribution in [0.3, 0.4) is 0 Å². The fourth-order valence-corrected chi connectivity index (χ4v) is 2.02. The summed E-state index contributed by atoms with van der Waals surface area (Å²) < 4.78 is 50.3. The Morgan fingerprint density at radius 1 is 0.923 bits per heavy atom. The van der Waals surface area contributed by atoms with Crippen LogP contribution in [0.5, 0.6) is 5.75 Å². The lowest BCUT2D eigenvalue weighted by molar-refractivity contribution is -0.258. The van der Waals surface area contributed by atoms with Crippen molar-refractivity contribution in [2.45, 2.75) is 11.9 Å². The van der Waals surface area contributed by atoms with Crippen LogP contribution in [0.2, 0.25) is 0 Å². The number of hydrogen-bond donors (Lipinski definition) is 2. The van der Waals surface area contributed by atoms with Gasteiger partial charge in [-0.3, -0.25) is 5.32 Å². The fraction of sp³-hybridized carbons (Fsp3) is 0.176. The number of halogens is 3. The molecule has 2 N–H and O–H groups in total. The maximum absolute atomic E-state index is 13.7. The minimum absolute atomic E-state index is 0.227. The van der Waals surface area contributed by atoms with E-state index < -0.39 is 23.9 Å². The number of rotatable bonds is 5. The average molecular weight is 368 g/mol.